The molecule has 11 aromatic rings. The molecule has 0 bridgehead atoms. The van der Waals surface area contributed by atoms with Crippen molar-refractivity contribution in [3.8, 4) is 11.4 Å². The van der Waals surface area contributed by atoms with Gasteiger partial charge in [-0.05, 0) is 131 Å². The molecule has 2 aromatic heterocycles. The quantitative estimate of drug-likeness (QED) is 0.123. The molecule has 0 saturated carbocycles. The zero-order valence-electron chi connectivity index (χ0n) is 33.8. The van der Waals surface area contributed by atoms with E-state index < -0.39 is 0 Å². The number of rotatable bonds is 2. The van der Waals surface area contributed by atoms with Gasteiger partial charge in [0.05, 0.1) is 16.7 Å². The monoisotopic (exact) mass is 740 g/mol. The first-order valence-corrected chi connectivity index (χ1v) is 20.8. The van der Waals surface area contributed by atoms with Crippen LogP contribution in [-0.4, -0.2) is 15.8 Å². The Morgan fingerprint density at radius 3 is 1.66 bits per heavy atom. The Hall–Kier alpha value is -6.58. The summed E-state index contributed by atoms with van der Waals surface area (Å²) >= 11 is 0. The number of hydrogen-bond acceptors (Lipinski definition) is 0. The van der Waals surface area contributed by atoms with Crippen LogP contribution in [0.25, 0.3) is 87.3 Å². The van der Waals surface area contributed by atoms with Gasteiger partial charge >= 0.3 is 0 Å². The molecule has 0 aliphatic carbocycles. The molecule has 0 unspecified atom stereocenters. The van der Waals surface area contributed by atoms with Gasteiger partial charge in [0.25, 0.3) is 6.71 Å². The average molecular weight is 741 g/mol. The Bertz CT molecular complexity index is 3690. The van der Waals surface area contributed by atoms with E-state index in [0.717, 1.165) is 0 Å². The van der Waals surface area contributed by atoms with Gasteiger partial charge in [0.2, 0.25) is 0 Å². The topological polar surface area (TPSA) is 9.86 Å². The van der Waals surface area contributed by atoms with Crippen LogP contribution >= 0.6 is 0 Å². The highest BCUT2D eigenvalue weighted by molar-refractivity contribution is 7.00. The van der Waals surface area contributed by atoms with Crippen molar-refractivity contribution >= 4 is 99.0 Å². The Morgan fingerprint density at radius 2 is 0.983 bits per heavy atom. The smallest absolute Gasteiger partial charge is 0.252 e. The van der Waals surface area contributed by atoms with Gasteiger partial charge in [0.15, 0.2) is 0 Å². The summed E-state index contributed by atoms with van der Waals surface area (Å²) < 4.78 is 5.31. The lowest BCUT2D eigenvalue weighted by Gasteiger charge is -2.35. The molecule has 58 heavy (non-hydrogen) atoms. The highest BCUT2D eigenvalue weighted by Crippen LogP contribution is 2.47. The second-order valence-electron chi connectivity index (χ2n) is 18.0. The Morgan fingerprint density at radius 1 is 0.414 bits per heavy atom. The minimum Gasteiger partial charge on any atom is -0.310 e. The maximum atomic E-state index is 2.68. The van der Waals surface area contributed by atoms with Crippen molar-refractivity contribution in [1.29, 1.82) is 0 Å². The van der Waals surface area contributed by atoms with Gasteiger partial charge in [-0.25, -0.2) is 0 Å². The van der Waals surface area contributed by atoms with Crippen LogP contribution in [0.5, 0.6) is 0 Å². The third-order valence-corrected chi connectivity index (χ3v) is 14.1. The van der Waals surface area contributed by atoms with E-state index in [1.807, 2.05) is 0 Å². The van der Waals surface area contributed by atoms with E-state index in [2.05, 4.69) is 190 Å². The van der Waals surface area contributed by atoms with Gasteiger partial charge in [-0.15, -0.1) is 0 Å². The Kier molecular flexibility index (Phi) is 6.09. The first-order valence-electron chi connectivity index (χ1n) is 20.8. The molecular weight excluding hydrogens is 699 g/mol. The van der Waals surface area contributed by atoms with E-state index in [-0.39, 0.29) is 12.1 Å². The van der Waals surface area contributed by atoms with Gasteiger partial charge in [-0.2, -0.15) is 0 Å². The predicted octanol–water partition coefficient (Wildman–Crippen LogP) is 12.0. The maximum absolute atomic E-state index is 2.68. The molecule has 2 aliphatic heterocycles. The third-order valence-electron chi connectivity index (χ3n) is 14.1. The summed E-state index contributed by atoms with van der Waals surface area (Å²) in [6.45, 7) is 13.8. The van der Waals surface area contributed by atoms with Crippen molar-refractivity contribution in [2.24, 2.45) is 0 Å². The summed E-state index contributed by atoms with van der Waals surface area (Å²) in [5.41, 5.74) is 19.8. The van der Waals surface area contributed by atoms with Crippen LogP contribution in [0.4, 0.5) is 0 Å². The van der Waals surface area contributed by atoms with Crippen LogP contribution in [0.1, 0.15) is 47.2 Å². The van der Waals surface area contributed by atoms with E-state index in [9.17, 15) is 0 Å². The predicted molar refractivity (Wildman–Crippen MR) is 250 cm³/mol. The minimum atomic E-state index is -0.161. The average Bonchev–Trinajstić information content (AvgIpc) is 3.72. The molecule has 274 valence electrons. The number of hydrogen-bond donors (Lipinski definition) is 0. The zero-order chi connectivity index (χ0) is 38.9. The lowest BCUT2D eigenvalue weighted by molar-refractivity contribution is 0.642. The highest BCUT2D eigenvalue weighted by atomic mass is 15.0. The third kappa shape index (κ3) is 3.94. The van der Waals surface area contributed by atoms with Crippen LogP contribution in [0, 0.1) is 27.7 Å². The second-order valence-corrected chi connectivity index (χ2v) is 18.0. The molecule has 9 aromatic carbocycles. The molecule has 0 N–H and O–H groups in total. The molecule has 0 fully saturated rings. The Balaban J connectivity index is 1.29. The maximum Gasteiger partial charge on any atom is 0.252 e. The van der Waals surface area contributed by atoms with Crippen molar-refractivity contribution in [2.45, 2.75) is 47.0 Å². The van der Waals surface area contributed by atoms with E-state index in [1.54, 1.807) is 0 Å². The summed E-state index contributed by atoms with van der Waals surface area (Å²) in [6.07, 6.45) is 0. The molecule has 4 heterocycles. The fourth-order valence-corrected chi connectivity index (χ4v) is 11.5. The largest absolute Gasteiger partial charge is 0.310 e. The van der Waals surface area contributed by atoms with Crippen molar-refractivity contribution in [2.75, 3.05) is 0 Å². The fraction of sp³-hybridized carbons (Fsp3) is 0.127. The Labute approximate surface area is 338 Å². The first-order chi connectivity index (χ1) is 28.2. The molecule has 0 spiro atoms. The summed E-state index contributed by atoms with van der Waals surface area (Å²) in [4.78, 5) is 0. The molecule has 13 rings (SSSR count). The van der Waals surface area contributed by atoms with Crippen molar-refractivity contribution < 1.29 is 0 Å². The standard InChI is InChI=1S/C55H41BN2/c1-30-16-20-47-40(22-30)43-24-32(3)26-45-52(43)57(47)49-29-42-37-19-18-35(55(5,6)34-12-8-7-9-13-34)28-39(37)36-14-10-11-15-38(36)50(42)54-51(49)56(45)46-27-33(4)25-44-41-23-31(2)17-21-48(41)58(54)53(44)46/h7-29H,1-6H3. The van der Waals surface area contributed by atoms with Crippen molar-refractivity contribution in [3.63, 3.8) is 0 Å². The van der Waals surface area contributed by atoms with Crippen LogP contribution in [0.2, 0.25) is 0 Å². The van der Waals surface area contributed by atoms with E-state index in [0.29, 0.717) is 0 Å². The minimum absolute atomic E-state index is 0.0820. The highest BCUT2D eigenvalue weighted by Gasteiger charge is 2.42. The molecular formula is C55H41BN2. The summed E-state index contributed by atoms with van der Waals surface area (Å²) in [7, 11) is 0. The van der Waals surface area contributed by atoms with E-state index in [1.165, 1.54) is 137 Å². The molecule has 3 heteroatoms. The van der Waals surface area contributed by atoms with Crippen LogP contribution in [0.3, 0.4) is 0 Å². The normalized spacial score (nSPS) is 13.3. The number of fused-ring (bicyclic) bond motifs is 17. The molecule has 0 saturated heterocycles. The van der Waals surface area contributed by atoms with Gasteiger partial charge in [0.1, 0.15) is 0 Å². The molecule has 0 radical (unpaired) electrons. The SMILES string of the molecule is Cc1ccc2c(c1)c1cc(C)cc3c1n2-c1cc2c4ccc(C(C)(C)c5ccccc5)cc4c4ccccc4c2c2c1B3c1cc(C)cc3c4cc(C)ccc4n-2c13. The second kappa shape index (κ2) is 10.9. The first kappa shape index (κ1) is 32.5. The lowest BCUT2D eigenvalue weighted by atomic mass is 9.34. The van der Waals surface area contributed by atoms with Gasteiger partial charge in [0, 0.05) is 49.1 Å². The van der Waals surface area contributed by atoms with Gasteiger partial charge in [-0.3, -0.25) is 0 Å². The van der Waals surface area contributed by atoms with Crippen molar-refractivity contribution in [1.82, 2.24) is 9.13 Å². The summed E-state index contributed by atoms with van der Waals surface area (Å²) in [5, 5.41) is 13.2. The van der Waals surface area contributed by atoms with Crippen LogP contribution in [0.15, 0.2) is 140 Å². The van der Waals surface area contributed by atoms with Crippen LogP contribution < -0.4 is 16.4 Å². The summed E-state index contributed by atoms with van der Waals surface area (Å²) in [5.74, 6) is 0. The fourth-order valence-electron chi connectivity index (χ4n) is 11.5. The number of aromatic nitrogens is 2. The lowest BCUT2D eigenvalue weighted by Crippen LogP contribution is -2.59. The van der Waals surface area contributed by atoms with Crippen molar-refractivity contribution in [3.05, 3.63) is 173 Å². The molecule has 2 aliphatic rings. The number of nitrogens with zero attached hydrogens (tertiary/aromatic N) is 2. The zero-order valence-corrected chi connectivity index (χ0v) is 33.8. The molecule has 0 amide bonds. The van der Waals surface area contributed by atoms with Gasteiger partial charge < -0.3 is 9.13 Å². The number of benzene rings is 9. The number of aryl methyl sites for hydroxylation is 4. The van der Waals surface area contributed by atoms with E-state index in [4.69, 9.17) is 0 Å². The summed E-state index contributed by atoms with van der Waals surface area (Å²) in [6, 6.07) is 54.1. The van der Waals surface area contributed by atoms with Crippen LogP contribution in [-0.2, 0) is 5.41 Å². The van der Waals surface area contributed by atoms with E-state index >= 15 is 0 Å². The molecule has 0 atom stereocenters. The van der Waals surface area contributed by atoms with Gasteiger partial charge in [-0.1, -0.05) is 127 Å². The molecule has 2 nitrogen and oxygen atoms in total.